The van der Waals surface area contributed by atoms with Gasteiger partial charge >= 0.3 is 0 Å². The Morgan fingerprint density at radius 1 is 1.50 bits per heavy atom. The summed E-state index contributed by atoms with van der Waals surface area (Å²) in [6.07, 6.45) is 3.47. The van der Waals surface area contributed by atoms with Crippen molar-refractivity contribution in [3.05, 3.63) is 22.8 Å². The van der Waals surface area contributed by atoms with Crippen LogP contribution in [0.1, 0.15) is 34.1 Å². The average molecular weight is 165 g/mol. The highest BCUT2D eigenvalue weighted by Crippen LogP contribution is 2.16. The number of hydrogen-bond donors (Lipinski definition) is 1. The highest BCUT2D eigenvalue weighted by Gasteiger charge is 2.09. The molecular weight excluding hydrogens is 146 g/mol. The summed E-state index contributed by atoms with van der Waals surface area (Å²) in [4.78, 5) is 0. The highest BCUT2D eigenvalue weighted by molar-refractivity contribution is 5.31. The van der Waals surface area contributed by atoms with Crippen LogP contribution in [-0.2, 0) is 0 Å². The van der Waals surface area contributed by atoms with E-state index in [1.54, 1.807) is 5.57 Å². The summed E-state index contributed by atoms with van der Waals surface area (Å²) in [6.45, 7) is 9.90. The van der Waals surface area contributed by atoms with Gasteiger partial charge < -0.3 is 5.32 Å². The Kier molecular flexibility index (Phi) is 3.10. The fourth-order valence-electron chi connectivity index (χ4n) is 1.55. The molecule has 1 atom stereocenters. The molecule has 1 heteroatoms. The van der Waals surface area contributed by atoms with Gasteiger partial charge in [0.15, 0.2) is 0 Å². The molecule has 0 amide bonds. The molecule has 0 radical (unpaired) electrons. The van der Waals surface area contributed by atoms with Crippen LogP contribution in [-0.4, -0.2) is 12.6 Å². The minimum absolute atomic E-state index is 0.531. The van der Waals surface area contributed by atoms with Crippen molar-refractivity contribution in [2.75, 3.05) is 6.54 Å². The van der Waals surface area contributed by atoms with E-state index in [1.807, 2.05) is 0 Å². The predicted molar refractivity (Wildman–Crippen MR) is 54.2 cm³/mol. The van der Waals surface area contributed by atoms with Crippen LogP contribution in [0.2, 0.25) is 0 Å². The molecule has 0 aromatic heterocycles. The molecule has 1 heterocycles. The summed E-state index contributed by atoms with van der Waals surface area (Å²) in [7, 11) is 0. The number of rotatable bonds is 1. The summed E-state index contributed by atoms with van der Waals surface area (Å²) < 4.78 is 0. The topological polar surface area (TPSA) is 12.0 Å². The Hall–Kier alpha value is -0.560. The van der Waals surface area contributed by atoms with Gasteiger partial charge in [-0.1, -0.05) is 29.7 Å². The van der Waals surface area contributed by atoms with Crippen molar-refractivity contribution >= 4 is 0 Å². The van der Waals surface area contributed by atoms with Crippen molar-refractivity contribution in [3.8, 4) is 0 Å². The Labute approximate surface area is 75.6 Å². The van der Waals surface area contributed by atoms with Crippen molar-refractivity contribution in [3.63, 3.8) is 0 Å². The number of hydrogen-bond acceptors (Lipinski definition) is 1. The van der Waals surface area contributed by atoms with E-state index >= 15 is 0 Å². The standard InChI is InChI=1S/C11H19N/c1-5-11-7-12-10(4)8(2)6-9(11)3/h6,10,12H,5,7H2,1-4H3. The van der Waals surface area contributed by atoms with Crippen LogP contribution in [0.4, 0.5) is 0 Å². The Balaban J connectivity index is 2.87. The van der Waals surface area contributed by atoms with E-state index in [9.17, 15) is 0 Å². The van der Waals surface area contributed by atoms with Crippen LogP contribution in [0.3, 0.4) is 0 Å². The normalized spacial score (nSPS) is 25.3. The van der Waals surface area contributed by atoms with Gasteiger partial charge in [0.2, 0.25) is 0 Å². The van der Waals surface area contributed by atoms with Crippen molar-refractivity contribution in [2.24, 2.45) is 0 Å². The summed E-state index contributed by atoms with van der Waals surface area (Å²) in [5, 5.41) is 3.50. The van der Waals surface area contributed by atoms with E-state index in [-0.39, 0.29) is 0 Å². The quantitative estimate of drug-likeness (QED) is 0.630. The second kappa shape index (κ2) is 3.90. The molecule has 0 fully saturated rings. The molecule has 1 nitrogen and oxygen atoms in total. The molecule has 0 aromatic carbocycles. The molecule has 1 unspecified atom stereocenters. The first-order valence-electron chi connectivity index (χ1n) is 4.75. The second-order valence-corrected chi connectivity index (χ2v) is 3.63. The van der Waals surface area contributed by atoms with E-state index < -0.39 is 0 Å². The predicted octanol–water partition coefficient (Wildman–Crippen LogP) is 2.65. The van der Waals surface area contributed by atoms with Crippen LogP contribution < -0.4 is 5.32 Å². The first-order valence-corrected chi connectivity index (χ1v) is 4.75. The maximum absolute atomic E-state index is 3.50. The average Bonchev–Trinajstić information content (AvgIpc) is 2.14. The Morgan fingerprint density at radius 3 is 2.75 bits per heavy atom. The van der Waals surface area contributed by atoms with Crippen LogP contribution in [0, 0.1) is 0 Å². The van der Waals surface area contributed by atoms with Crippen molar-refractivity contribution in [1.82, 2.24) is 5.32 Å². The molecule has 12 heavy (non-hydrogen) atoms. The maximum Gasteiger partial charge on any atom is 0.0254 e. The van der Waals surface area contributed by atoms with Crippen LogP contribution in [0.25, 0.3) is 0 Å². The molecule has 68 valence electrons. The highest BCUT2D eigenvalue weighted by atomic mass is 14.9. The number of nitrogens with one attached hydrogen (secondary N) is 1. The lowest BCUT2D eigenvalue weighted by Gasteiger charge is -2.11. The Morgan fingerprint density at radius 2 is 2.17 bits per heavy atom. The first-order chi connectivity index (χ1) is 5.65. The van der Waals surface area contributed by atoms with Gasteiger partial charge in [0.25, 0.3) is 0 Å². The van der Waals surface area contributed by atoms with Gasteiger partial charge in [-0.05, 0) is 27.2 Å². The zero-order valence-electron chi connectivity index (χ0n) is 8.57. The Bertz CT molecular complexity index is 223. The summed E-state index contributed by atoms with van der Waals surface area (Å²) in [5.41, 5.74) is 4.43. The molecule has 1 N–H and O–H groups in total. The fraction of sp³-hybridized carbons (Fsp3) is 0.636. The van der Waals surface area contributed by atoms with Gasteiger partial charge in [-0.25, -0.2) is 0 Å². The lowest BCUT2D eigenvalue weighted by Crippen LogP contribution is -2.27. The lowest BCUT2D eigenvalue weighted by molar-refractivity contribution is 0.642. The molecule has 1 aliphatic rings. The molecular formula is C11H19N. The third-order valence-electron chi connectivity index (χ3n) is 2.73. The zero-order chi connectivity index (χ0) is 9.14. The third kappa shape index (κ3) is 1.98. The van der Waals surface area contributed by atoms with E-state index in [1.165, 1.54) is 11.1 Å². The van der Waals surface area contributed by atoms with Gasteiger partial charge in [-0.15, -0.1) is 0 Å². The monoisotopic (exact) mass is 165 g/mol. The molecule has 0 aromatic rings. The largest absolute Gasteiger partial charge is 0.307 e. The van der Waals surface area contributed by atoms with E-state index in [0.29, 0.717) is 6.04 Å². The number of allylic oxidation sites excluding steroid dienone is 2. The summed E-state index contributed by atoms with van der Waals surface area (Å²) >= 11 is 0. The van der Waals surface area contributed by atoms with Crippen molar-refractivity contribution < 1.29 is 0 Å². The zero-order valence-corrected chi connectivity index (χ0v) is 8.57. The molecule has 0 saturated heterocycles. The molecule has 1 aliphatic heterocycles. The minimum atomic E-state index is 0.531. The molecule has 1 rings (SSSR count). The molecule has 0 spiro atoms. The lowest BCUT2D eigenvalue weighted by atomic mass is 10.1. The van der Waals surface area contributed by atoms with Crippen molar-refractivity contribution in [1.29, 1.82) is 0 Å². The third-order valence-corrected chi connectivity index (χ3v) is 2.73. The smallest absolute Gasteiger partial charge is 0.0254 e. The maximum atomic E-state index is 3.50. The second-order valence-electron chi connectivity index (χ2n) is 3.63. The van der Waals surface area contributed by atoms with E-state index in [2.05, 4.69) is 39.1 Å². The first kappa shape index (κ1) is 9.53. The van der Waals surface area contributed by atoms with Gasteiger partial charge in [-0.2, -0.15) is 0 Å². The minimum Gasteiger partial charge on any atom is -0.307 e. The van der Waals surface area contributed by atoms with Crippen LogP contribution >= 0.6 is 0 Å². The van der Waals surface area contributed by atoms with Gasteiger partial charge in [0.05, 0.1) is 0 Å². The SMILES string of the molecule is CCC1=C(C)C=C(C)C(C)NC1. The van der Waals surface area contributed by atoms with E-state index in [4.69, 9.17) is 0 Å². The fourth-order valence-corrected chi connectivity index (χ4v) is 1.55. The molecule has 0 aliphatic carbocycles. The van der Waals surface area contributed by atoms with E-state index in [0.717, 1.165) is 13.0 Å². The molecule has 0 saturated carbocycles. The summed E-state index contributed by atoms with van der Waals surface area (Å²) in [5.74, 6) is 0. The van der Waals surface area contributed by atoms with Gasteiger partial charge in [0.1, 0.15) is 0 Å². The van der Waals surface area contributed by atoms with Gasteiger partial charge in [0, 0.05) is 12.6 Å². The van der Waals surface area contributed by atoms with Crippen LogP contribution in [0.5, 0.6) is 0 Å². The summed E-state index contributed by atoms with van der Waals surface area (Å²) in [6, 6.07) is 0.531. The van der Waals surface area contributed by atoms with Crippen LogP contribution in [0.15, 0.2) is 22.8 Å². The molecule has 0 bridgehead atoms. The van der Waals surface area contributed by atoms with Gasteiger partial charge in [-0.3, -0.25) is 0 Å². The van der Waals surface area contributed by atoms with Crippen molar-refractivity contribution in [2.45, 2.75) is 40.2 Å².